The number of hydrogen-bond donors (Lipinski definition) is 0. The smallest absolute Gasteiger partial charge is 0.270 e. The Hall–Kier alpha value is -1.62. The van der Waals surface area contributed by atoms with Crippen LogP contribution in [0.4, 0.5) is 0 Å². The Balaban J connectivity index is 2.20. The highest BCUT2D eigenvalue weighted by Gasteiger charge is 2.24. The number of rotatable bonds is 2. The summed E-state index contributed by atoms with van der Waals surface area (Å²) in [7, 11) is 1.78. The molecular weight excluding hydrogens is 232 g/mol. The molecule has 0 aromatic carbocycles. The standard InChI is InChI=1S/C13H18N2O3/c1-9-7-15(4-5-18-9)13(17)12-6-11(10(2)16)8-14(12)3/h6,8-9H,4-5,7H2,1-3H3. The second-order valence-electron chi connectivity index (χ2n) is 4.71. The molecule has 2 heterocycles. The summed E-state index contributed by atoms with van der Waals surface area (Å²) >= 11 is 0. The van der Waals surface area contributed by atoms with Crippen LogP contribution < -0.4 is 0 Å². The fourth-order valence-electron chi connectivity index (χ4n) is 2.13. The maximum atomic E-state index is 12.3. The lowest BCUT2D eigenvalue weighted by atomic mass is 10.2. The molecule has 1 fully saturated rings. The number of ether oxygens (including phenoxy) is 1. The maximum Gasteiger partial charge on any atom is 0.270 e. The topological polar surface area (TPSA) is 51.5 Å². The Bertz CT molecular complexity index is 479. The first-order valence-electron chi connectivity index (χ1n) is 6.07. The van der Waals surface area contributed by atoms with Gasteiger partial charge in [0.2, 0.25) is 0 Å². The van der Waals surface area contributed by atoms with E-state index in [-0.39, 0.29) is 17.8 Å². The van der Waals surface area contributed by atoms with Gasteiger partial charge in [0.25, 0.3) is 5.91 Å². The van der Waals surface area contributed by atoms with E-state index in [9.17, 15) is 9.59 Å². The highest BCUT2D eigenvalue weighted by atomic mass is 16.5. The minimum Gasteiger partial charge on any atom is -0.375 e. The first-order valence-corrected chi connectivity index (χ1v) is 6.07. The van der Waals surface area contributed by atoms with Crippen molar-refractivity contribution in [1.29, 1.82) is 0 Å². The fraction of sp³-hybridized carbons (Fsp3) is 0.538. The molecule has 1 saturated heterocycles. The van der Waals surface area contributed by atoms with E-state index in [0.717, 1.165) is 0 Å². The van der Waals surface area contributed by atoms with E-state index in [0.29, 0.717) is 31.0 Å². The van der Waals surface area contributed by atoms with Crippen molar-refractivity contribution in [3.63, 3.8) is 0 Å². The zero-order chi connectivity index (χ0) is 13.3. The Kier molecular flexibility index (Phi) is 3.52. The highest BCUT2D eigenvalue weighted by Crippen LogP contribution is 2.13. The molecule has 1 aromatic heterocycles. The van der Waals surface area contributed by atoms with Crippen LogP contribution in [0.3, 0.4) is 0 Å². The molecule has 2 rings (SSSR count). The number of Topliss-reactive ketones (excluding diaryl/α,β-unsaturated/α-hetero) is 1. The van der Waals surface area contributed by atoms with Gasteiger partial charge in [-0.05, 0) is 19.9 Å². The van der Waals surface area contributed by atoms with Crippen molar-refractivity contribution in [2.45, 2.75) is 20.0 Å². The summed E-state index contributed by atoms with van der Waals surface area (Å²) in [4.78, 5) is 25.4. The molecule has 1 unspecified atom stereocenters. The molecule has 1 atom stereocenters. The number of carbonyl (C=O) groups excluding carboxylic acids is 2. The second kappa shape index (κ2) is 4.94. The SMILES string of the molecule is CC(=O)c1cc(C(=O)N2CCOC(C)C2)n(C)c1. The molecule has 0 N–H and O–H groups in total. The first kappa shape index (κ1) is 12.8. The average molecular weight is 250 g/mol. The van der Waals surface area contributed by atoms with E-state index >= 15 is 0 Å². The van der Waals surface area contributed by atoms with Crippen LogP contribution in [0.5, 0.6) is 0 Å². The second-order valence-corrected chi connectivity index (χ2v) is 4.71. The number of nitrogens with zero attached hydrogens (tertiary/aromatic N) is 2. The lowest BCUT2D eigenvalue weighted by Gasteiger charge is -2.31. The van der Waals surface area contributed by atoms with Crippen LogP contribution >= 0.6 is 0 Å². The molecule has 1 aliphatic heterocycles. The molecule has 1 amide bonds. The Morgan fingerprint density at radius 3 is 2.72 bits per heavy atom. The van der Waals surface area contributed by atoms with E-state index in [1.807, 2.05) is 6.92 Å². The predicted octanol–water partition coefficient (Wildman–Crippen LogP) is 1.09. The van der Waals surface area contributed by atoms with Crippen LogP contribution in [-0.2, 0) is 11.8 Å². The van der Waals surface area contributed by atoms with Crippen molar-refractivity contribution in [2.24, 2.45) is 7.05 Å². The van der Waals surface area contributed by atoms with E-state index in [4.69, 9.17) is 4.74 Å². The van der Waals surface area contributed by atoms with Crippen molar-refractivity contribution >= 4 is 11.7 Å². The van der Waals surface area contributed by atoms with E-state index < -0.39 is 0 Å². The lowest BCUT2D eigenvalue weighted by Crippen LogP contribution is -2.45. The third kappa shape index (κ3) is 2.46. The molecule has 5 heteroatoms. The van der Waals surface area contributed by atoms with Gasteiger partial charge in [-0.15, -0.1) is 0 Å². The number of hydrogen-bond acceptors (Lipinski definition) is 3. The zero-order valence-corrected chi connectivity index (χ0v) is 11.0. The van der Waals surface area contributed by atoms with Gasteiger partial charge in [-0.25, -0.2) is 0 Å². The lowest BCUT2D eigenvalue weighted by molar-refractivity contribution is -0.0127. The molecular formula is C13H18N2O3. The van der Waals surface area contributed by atoms with Gasteiger partial charge >= 0.3 is 0 Å². The first-order chi connectivity index (χ1) is 8.49. The Labute approximate surface area is 106 Å². The van der Waals surface area contributed by atoms with Crippen LogP contribution in [0.2, 0.25) is 0 Å². The number of ketones is 1. The monoisotopic (exact) mass is 250 g/mol. The van der Waals surface area contributed by atoms with Crippen LogP contribution in [0.15, 0.2) is 12.3 Å². The average Bonchev–Trinajstić information content (AvgIpc) is 2.70. The summed E-state index contributed by atoms with van der Waals surface area (Å²) in [6, 6.07) is 1.66. The molecule has 0 radical (unpaired) electrons. The summed E-state index contributed by atoms with van der Waals surface area (Å²) in [5, 5.41) is 0. The van der Waals surface area contributed by atoms with Crippen LogP contribution in [0.25, 0.3) is 0 Å². The Morgan fingerprint density at radius 2 is 2.17 bits per heavy atom. The third-order valence-corrected chi connectivity index (χ3v) is 3.16. The van der Waals surface area contributed by atoms with Gasteiger partial charge in [-0.2, -0.15) is 0 Å². The van der Waals surface area contributed by atoms with Crippen molar-refractivity contribution in [2.75, 3.05) is 19.7 Å². The van der Waals surface area contributed by atoms with Crippen molar-refractivity contribution < 1.29 is 14.3 Å². The largest absolute Gasteiger partial charge is 0.375 e. The van der Waals surface area contributed by atoms with Gasteiger partial charge < -0.3 is 14.2 Å². The summed E-state index contributed by atoms with van der Waals surface area (Å²) in [6.07, 6.45) is 1.76. The summed E-state index contributed by atoms with van der Waals surface area (Å²) in [5.74, 6) is -0.0693. The zero-order valence-electron chi connectivity index (χ0n) is 11.0. The molecule has 0 bridgehead atoms. The third-order valence-electron chi connectivity index (χ3n) is 3.16. The molecule has 0 saturated carbocycles. The van der Waals surface area contributed by atoms with E-state index in [1.54, 1.807) is 28.8 Å². The fourth-order valence-corrected chi connectivity index (χ4v) is 2.13. The number of amides is 1. The molecule has 5 nitrogen and oxygen atoms in total. The molecule has 0 aliphatic carbocycles. The van der Waals surface area contributed by atoms with Crippen LogP contribution in [0, 0.1) is 0 Å². The van der Waals surface area contributed by atoms with Gasteiger partial charge in [0, 0.05) is 31.9 Å². The summed E-state index contributed by atoms with van der Waals surface area (Å²) < 4.78 is 7.12. The van der Waals surface area contributed by atoms with Gasteiger partial charge in [0.15, 0.2) is 5.78 Å². The van der Waals surface area contributed by atoms with Crippen molar-refractivity contribution in [1.82, 2.24) is 9.47 Å². The van der Waals surface area contributed by atoms with Crippen molar-refractivity contribution in [3.8, 4) is 0 Å². The summed E-state index contributed by atoms with van der Waals surface area (Å²) in [6.45, 7) is 5.21. The number of morpholine rings is 1. The minimum atomic E-state index is -0.0415. The van der Waals surface area contributed by atoms with Gasteiger partial charge in [-0.3, -0.25) is 9.59 Å². The van der Waals surface area contributed by atoms with Gasteiger partial charge in [0.1, 0.15) is 5.69 Å². The van der Waals surface area contributed by atoms with Gasteiger partial charge in [0.05, 0.1) is 12.7 Å². The van der Waals surface area contributed by atoms with Crippen LogP contribution in [-0.4, -0.2) is 47.0 Å². The summed E-state index contributed by atoms with van der Waals surface area (Å²) in [5.41, 5.74) is 1.12. The number of carbonyl (C=O) groups is 2. The minimum absolute atomic E-state index is 0.0278. The van der Waals surface area contributed by atoms with E-state index in [2.05, 4.69) is 0 Å². The van der Waals surface area contributed by atoms with Gasteiger partial charge in [-0.1, -0.05) is 0 Å². The molecule has 0 spiro atoms. The van der Waals surface area contributed by atoms with Crippen LogP contribution in [0.1, 0.15) is 34.7 Å². The normalized spacial score (nSPS) is 19.9. The van der Waals surface area contributed by atoms with Crippen molar-refractivity contribution in [3.05, 3.63) is 23.5 Å². The maximum absolute atomic E-state index is 12.3. The molecule has 1 aromatic rings. The number of aromatic nitrogens is 1. The highest BCUT2D eigenvalue weighted by molar-refractivity contribution is 5.99. The van der Waals surface area contributed by atoms with E-state index in [1.165, 1.54) is 6.92 Å². The molecule has 98 valence electrons. The predicted molar refractivity (Wildman–Crippen MR) is 66.7 cm³/mol. The quantitative estimate of drug-likeness (QED) is 0.738. The Morgan fingerprint density at radius 1 is 1.44 bits per heavy atom. The number of aryl methyl sites for hydroxylation is 1. The molecule has 1 aliphatic rings. The molecule has 18 heavy (non-hydrogen) atoms.